The molecule has 1 fully saturated rings. The van der Waals surface area contributed by atoms with Gasteiger partial charge >= 0.3 is 6.18 Å². The standard InChI is InChI=1S/C27H23F3N4O3/c1-17-5-6-22(33-26(35)8-18-3-2-4-21(7-18)27(28,29)30)10-25(17)34-14-20(12-32-34)19-9-23(13-31-11-19)37-24-15-36-16-24/h2-7,9-14,24H,8,15-16H2,1H3,(H,33,35). The Bertz CT molecular complexity index is 1430. The number of ether oxygens (including phenoxy) is 2. The molecule has 1 saturated heterocycles. The summed E-state index contributed by atoms with van der Waals surface area (Å²) in [4.78, 5) is 16.8. The van der Waals surface area contributed by atoms with E-state index in [0.717, 1.165) is 34.5 Å². The van der Waals surface area contributed by atoms with Crippen LogP contribution >= 0.6 is 0 Å². The maximum atomic E-state index is 13.0. The fourth-order valence-electron chi connectivity index (χ4n) is 3.90. The lowest BCUT2D eigenvalue weighted by Crippen LogP contribution is -2.38. The van der Waals surface area contributed by atoms with Gasteiger partial charge in [-0.2, -0.15) is 18.3 Å². The minimum atomic E-state index is -4.46. The zero-order valence-corrected chi connectivity index (χ0v) is 19.8. The molecule has 0 unspecified atom stereocenters. The van der Waals surface area contributed by atoms with Crippen LogP contribution in [-0.4, -0.2) is 40.0 Å². The van der Waals surface area contributed by atoms with Gasteiger partial charge in [0.2, 0.25) is 5.91 Å². The Morgan fingerprint density at radius 2 is 1.95 bits per heavy atom. The third-order valence-corrected chi connectivity index (χ3v) is 5.90. The predicted molar refractivity (Wildman–Crippen MR) is 131 cm³/mol. The molecule has 7 nitrogen and oxygen atoms in total. The number of pyridine rings is 1. The van der Waals surface area contributed by atoms with Gasteiger partial charge in [-0.3, -0.25) is 9.78 Å². The van der Waals surface area contributed by atoms with Crippen molar-refractivity contribution in [2.75, 3.05) is 18.5 Å². The summed E-state index contributed by atoms with van der Waals surface area (Å²) in [6, 6.07) is 12.0. The van der Waals surface area contributed by atoms with Gasteiger partial charge in [-0.1, -0.05) is 24.3 Å². The van der Waals surface area contributed by atoms with Gasteiger partial charge in [-0.05, 0) is 42.3 Å². The number of benzene rings is 2. The first-order valence-corrected chi connectivity index (χ1v) is 11.6. The average molecular weight is 509 g/mol. The second-order valence-electron chi connectivity index (χ2n) is 8.78. The van der Waals surface area contributed by atoms with E-state index < -0.39 is 17.6 Å². The molecule has 0 spiro atoms. The number of rotatable bonds is 7. The van der Waals surface area contributed by atoms with Crippen molar-refractivity contribution in [3.63, 3.8) is 0 Å². The highest BCUT2D eigenvalue weighted by molar-refractivity contribution is 5.92. The summed E-state index contributed by atoms with van der Waals surface area (Å²) in [5, 5.41) is 7.23. The van der Waals surface area contributed by atoms with E-state index in [9.17, 15) is 18.0 Å². The quantitative estimate of drug-likeness (QED) is 0.370. The van der Waals surface area contributed by atoms with Gasteiger partial charge in [-0.25, -0.2) is 4.68 Å². The zero-order valence-electron chi connectivity index (χ0n) is 19.8. The molecule has 1 aliphatic rings. The van der Waals surface area contributed by atoms with Gasteiger partial charge in [-0.15, -0.1) is 0 Å². The number of carbonyl (C=O) groups excluding carboxylic acids is 1. The molecular weight excluding hydrogens is 485 g/mol. The van der Waals surface area contributed by atoms with Crippen LogP contribution in [0.25, 0.3) is 16.8 Å². The molecule has 37 heavy (non-hydrogen) atoms. The summed E-state index contributed by atoms with van der Waals surface area (Å²) in [6.07, 6.45) is 2.34. The van der Waals surface area contributed by atoms with Crippen LogP contribution in [-0.2, 0) is 22.1 Å². The van der Waals surface area contributed by atoms with Gasteiger partial charge in [0.15, 0.2) is 0 Å². The van der Waals surface area contributed by atoms with Crippen molar-refractivity contribution in [1.82, 2.24) is 14.8 Å². The van der Waals surface area contributed by atoms with Crippen LogP contribution in [0, 0.1) is 6.92 Å². The molecule has 2 aromatic carbocycles. The van der Waals surface area contributed by atoms with Gasteiger partial charge in [0.05, 0.1) is 43.3 Å². The lowest BCUT2D eigenvalue weighted by molar-refractivity contribution is -0.137. The Kier molecular flexibility index (Phi) is 6.66. The number of hydrogen-bond donors (Lipinski definition) is 1. The number of nitrogens with one attached hydrogen (secondary N) is 1. The molecule has 0 atom stereocenters. The summed E-state index contributed by atoms with van der Waals surface area (Å²) in [5.74, 6) is 0.232. The van der Waals surface area contributed by atoms with Crippen molar-refractivity contribution in [3.05, 3.63) is 90.0 Å². The largest absolute Gasteiger partial charge is 0.484 e. The summed E-state index contributed by atoms with van der Waals surface area (Å²) in [7, 11) is 0. The summed E-state index contributed by atoms with van der Waals surface area (Å²) in [5.41, 5.74) is 3.35. The number of aryl methyl sites for hydroxylation is 1. The second kappa shape index (κ2) is 10.1. The van der Waals surface area contributed by atoms with Crippen molar-refractivity contribution in [2.45, 2.75) is 25.6 Å². The van der Waals surface area contributed by atoms with Gasteiger partial charge in [0.25, 0.3) is 0 Å². The van der Waals surface area contributed by atoms with E-state index >= 15 is 0 Å². The van der Waals surface area contributed by atoms with Gasteiger partial charge in [0, 0.05) is 29.2 Å². The Morgan fingerprint density at radius 1 is 1.11 bits per heavy atom. The SMILES string of the molecule is Cc1ccc(NC(=O)Cc2cccc(C(F)(F)F)c2)cc1-n1cc(-c2cncc(OC3COC3)c2)cn1. The Balaban J connectivity index is 1.30. The molecule has 0 aliphatic carbocycles. The number of carbonyl (C=O) groups is 1. The van der Waals surface area contributed by atoms with Crippen LogP contribution in [0.5, 0.6) is 5.75 Å². The summed E-state index contributed by atoms with van der Waals surface area (Å²) >= 11 is 0. The predicted octanol–water partition coefficient (Wildman–Crippen LogP) is 5.22. The Hall–Kier alpha value is -4.18. The first-order valence-electron chi connectivity index (χ1n) is 11.6. The van der Waals surface area contributed by atoms with E-state index in [2.05, 4.69) is 15.4 Å². The minimum Gasteiger partial charge on any atom is -0.484 e. The molecule has 1 N–H and O–H groups in total. The molecule has 190 valence electrons. The molecule has 2 aromatic heterocycles. The van der Waals surface area contributed by atoms with Crippen LogP contribution in [0.3, 0.4) is 0 Å². The smallest absolute Gasteiger partial charge is 0.416 e. The number of aromatic nitrogens is 3. The van der Waals surface area contributed by atoms with Crippen LogP contribution in [0.2, 0.25) is 0 Å². The number of anilines is 1. The molecule has 1 amide bonds. The Labute approximate surface area is 210 Å². The number of hydrogen-bond acceptors (Lipinski definition) is 5. The second-order valence-corrected chi connectivity index (χ2v) is 8.78. The highest BCUT2D eigenvalue weighted by Gasteiger charge is 2.30. The fourth-order valence-corrected chi connectivity index (χ4v) is 3.90. The monoisotopic (exact) mass is 508 g/mol. The zero-order chi connectivity index (χ0) is 26.0. The van der Waals surface area contributed by atoms with Crippen molar-refractivity contribution in [3.8, 4) is 22.6 Å². The van der Waals surface area contributed by atoms with Crippen LogP contribution in [0.4, 0.5) is 18.9 Å². The van der Waals surface area contributed by atoms with Crippen LogP contribution in [0.1, 0.15) is 16.7 Å². The van der Waals surface area contributed by atoms with E-state index in [0.29, 0.717) is 24.7 Å². The Morgan fingerprint density at radius 3 is 2.70 bits per heavy atom. The van der Waals surface area contributed by atoms with Crippen molar-refractivity contribution < 1.29 is 27.4 Å². The summed E-state index contributed by atoms with van der Waals surface area (Å²) < 4.78 is 51.6. The minimum absolute atomic E-state index is 0.0361. The molecule has 4 aromatic rings. The third-order valence-electron chi connectivity index (χ3n) is 5.90. The number of nitrogens with zero attached hydrogens (tertiary/aromatic N) is 3. The van der Waals surface area contributed by atoms with E-state index in [-0.39, 0.29) is 18.1 Å². The fraction of sp³-hybridized carbons (Fsp3) is 0.222. The maximum absolute atomic E-state index is 13.0. The molecule has 10 heteroatoms. The van der Waals surface area contributed by atoms with Crippen LogP contribution < -0.4 is 10.1 Å². The van der Waals surface area contributed by atoms with Crippen molar-refractivity contribution >= 4 is 11.6 Å². The van der Waals surface area contributed by atoms with Crippen molar-refractivity contribution in [2.24, 2.45) is 0 Å². The normalized spacial score (nSPS) is 13.7. The van der Waals surface area contributed by atoms with Crippen LogP contribution in [0.15, 0.2) is 73.3 Å². The van der Waals surface area contributed by atoms with Gasteiger partial charge in [0.1, 0.15) is 11.9 Å². The van der Waals surface area contributed by atoms with Gasteiger partial charge < -0.3 is 14.8 Å². The third kappa shape index (κ3) is 5.80. The molecule has 5 rings (SSSR count). The molecule has 0 saturated carbocycles. The molecule has 0 bridgehead atoms. The molecule has 1 aliphatic heterocycles. The highest BCUT2D eigenvalue weighted by atomic mass is 19.4. The highest BCUT2D eigenvalue weighted by Crippen LogP contribution is 2.30. The molecule has 3 heterocycles. The number of amides is 1. The number of alkyl halides is 3. The van der Waals surface area contributed by atoms with E-state index in [4.69, 9.17) is 9.47 Å². The molecular formula is C27H23F3N4O3. The topological polar surface area (TPSA) is 78.3 Å². The van der Waals surface area contributed by atoms with E-state index in [1.165, 1.54) is 12.1 Å². The lowest BCUT2D eigenvalue weighted by Gasteiger charge is -2.26. The summed E-state index contributed by atoms with van der Waals surface area (Å²) in [6.45, 7) is 3.05. The maximum Gasteiger partial charge on any atom is 0.416 e. The van der Waals surface area contributed by atoms with Crippen molar-refractivity contribution in [1.29, 1.82) is 0 Å². The number of halogens is 3. The van der Waals surface area contributed by atoms with E-state index in [1.54, 1.807) is 35.4 Å². The van der Waals surface area contributed by atoms with E-state index in [1.807, 2.05) is 25.3 Å². The molecule has 0 radical (unpaired) electrons. The first-order chi connectivity index (χ1) is 17.7. The average Bonchev–Trinajstić information content (AvgIpc) is 3.33. The first kappa shape index (κ1) is 24.5. The lowest BCUT2D eigenvalue weighted by atomic mass is 10.1.